The van der Waals surface area contributed by atoms with Crippen LogP contribution >= 0.6 is 0 Å². The van der Waals surface area contributed by atoms with Gasteiger partial charge in [0.05, 0.1) is 12.1 Å². The predicted octanol–water partition coefficient (Wildman–Crippen LogP) is 2.62. The van der Waals surface area contributed by atoms with Gasteiger partial charge in [0, 0.05) is 32.6 Å². The number of rotatable bonds is 14. The van der Waals surface area contributed by atoms with Crippen molar-refractivity contribution in [1.82, 2.24) is 31.1 Å². The molecule has 0 aromatic heterocycles. The topological polar surface area (TPSA) is 157 Å². The van der Waals surface area contributed by atoms with Crippen LogP contribution in [0, 0.1) is 34.0 Å². The third-order valence-electron chi connectivity index (χ3n) is 10.1. The van der Waals surface area contributed by atoms with E-state index in [1.165, 1.54) is 6.08 Å². The Kier molecular flexibility index (Phi) is 11.6. The van der Waals surface area contributed by atoms with Crippen LogP contribution in [0.5, 0.6) is 0 Å². The maximum Gasteiger partial charge on any atom is 0.315 e. The Hall–Kier alpha value is -3.44. The van der Waals surface area contributed by atoms with Gasteiger partial charge in [0.2, 0.25) is 23.5 Å². The first-order valence-electron chi connectivity index (χ1n) is 17.0. The molecular formula is C35H58N6O6. The normalized spacial score (nSPS) is 23.4. The van der Waals surface area contributed by atoms with Crippen molar-refractivity contribution in [2.45, 2.75) is 112 Å². The van der Waals surface area contributed by atoms with E-state index in [-0.39, 0.29) is 59.4 Å². The average Bonchev–Trinajstić information content (AvgIpc) is 3.85. The number of nitrogens with zero attached hydrogens (tertiary/aromatic N) is 2. The van der Waals surface area contributed by atoms with Crippen LogP contribution in [0.1, 0.15) is 88.0 Å². The molecule has 12 heteroatoms. The average molecular weight is 659 g/mol. The van der Waals surface area contributed by atoms with Crippen molar-refractivity contribution in [3.05, 3.63) is 12.7 Å². The number of likely N-dealkylation sites (tertiary alicyclic amines) is 1. The van der Waals surface area contributed by atoms with E-state index in [9.17, 15) is 28.8 Å². The monoisotopic (exact) mass is 658 g/mol. The summed E-state index contributed by atoms with van der Waals surface area (Å²) >= 11 is 0. The Morgan fingerprint density at radius 2 is 1.60 bits per heavy atom. The fourth-order valence-electron chi connectivity index (χ4n) is 6.73. The van der Waals surface area contributed by atoms with Crippen molar-refractivity contribution < 1.29 is 28.8 Å². The van der Waals surface area contributed by atoms with Gasteiger partial charge in [-0.25, -0.2) is 4.79 Å². The van der Waals surface area contributed by atoms with Gasteiger partial charge in [0.15, 0.2) is 0 Å². The van der Waals surface area contributed by atoms with Gasteiger partial charge in [-0.05, 0) is 47.3 Å². The molecule has 2 aliphatic carbocycles. The van der Waals surface area contributed by atoms with Crippen molar-refractivity contribution in [2.75, 3.05) is 26.7 Å². The molecule has 0 aromatic rings. The van der Waals surface area contributed by atoms with Crippen LogP contribution in [0.4, 0.5) is 4.79 Å². The molecule has 1 heterocycles. The number of fused-ring (bicyclic) bond motifs is 1. The Morgan fingerprint density at radius 1 is 0.979 bits per heavy atom. The molecule has 6 amide bonds. The van der Waals surface area contributed by atoms with E-state index in [2.05, 4.69) is 41.7 Å². The van der Waals surface area contributed by atoms with E-state index >= 15 is 0 Å². The number of piperidine rings is 1. The van der Waals surface area contributed by atoms with Gasteiger partial charge < -0.3 is 31.1 Å². The molecule has 2 saturated carbocycles. The first-order valence-corrected chi connectivity index (χ1v) is 17.0. The van der Waals surface area contributed by atoms with Gasteiger partial charge in [-0.15, -0.1) is 6.58 Å². The highest BCUT2D eigenvalue weighted by Crippen LogP contribution is 2.65. The van der Waals surface area contributed by atoms with E-state index in [0.717, 1.165) is 12.8 Å². The second kappa shape index (κ2) is 14.4. The highest BCUT2D eigenvalue weighted by molar-refractivity contribution is 6.38. The summed E-state index contributed by atoms with van der Waals surface area (Å²) in [7, 11) is 1.75. The predicted molar refractivity (Wildman–Crippen MR) is 180 cm³/mol. The highest BCUT2D eigenvalue weighted by Gasteiger charge is 2.70. The zero-order chi connectivity index (χ0) is 35.6. The van der Waals surface area contributed by atoms with E-state index in [1.807, 2.05) is 48.5 Å². The number of nitrogens with one attached hydrogen (secondary N) is 4. The number of hydrogen-bond donors (Lipinski definition) is 4. The van der Waals surface area contributed by atoms with Crippen molar-refractivity contribution in [1.29, 1.82) is 0 Å². The van der Waals surface area contributed by atoms with Crippen LogP contribution in [0.3, 0.4) is 0 Å². The van der Waals surface area contributed by atoms with Gasteiger partial charge >= 0.3 is 6.03 Å². The van der Waals surface area contributed by atoms with Crippen molar-refractivity contribution in [3.8, 4) is 0 Å². The summed E-state index contributed by atoms with van der Waals surface area (Å²) in [6, 6.07) is -3.78. The number of likely N-dealkylation sites (N-methyl/N-ethyl adjacent to an activating group) is 1. The van der Waals surface area contributed by atoms with Crippen LogP contribution in [0.25, 0.3) is 0 Å². The number of ketones is 1. The molecule has 1 saturated heterocycles. The summed E-state index contributed by atoms with van der Waals surface area (Å²) in [4.78, 5) is 83.1. The zero-order valence-corrected chi connectivity index (χ0v) is 30.1. The van der Waals surface area contributed by atoms with Gasteiger partial charge in [0.1, 0.15) is 12.1 Å². The molecule has 264 valence electrons. The SMILES string of the molecule is C=CCNC(=O)C(=O)C(CCC)NC(=O)[C@@H]1[C@@H]2[C@H](CN1C(=O)[C@@H](NC(=O)N[C@H](CN(C)C(=O)C1CC1)C(C)(C)C)C(C)(C)C)C2(C)C. The quantitative estimate of drug-likeness (QED) is 0.166. The highest BCUT2D eigenvalue weighted by atomic mass is 16.2. The fraction of sp³-hybridized carbons (Fsp3) is 0.771. The van der Waals surface area contributed by atoms with Crippen molar-refractivity contribution in [3.63, 3.8) is 0 Å². The van der Waals surface area contributed by atoms with Crippen LogP contribution < -0.4 is 21.3 Å². The second-order valence-electron chi connectivity index (χ2n) is 16.4. The Bertz CT molecular complexity index is 1250. The fourth-order valence-corrected chi connectivity index (χ4v) is 6.73. The number of urea groups is 1. The molecule has 12 nitrogen and oxygen atoms in total. The number of hydrogen-bond acceptors (Lipinski definition) is 6. The molecule has 1 aliphatic heterocycles. The van der Waals surface area contributed by atoms with Gasteiger partial charge in [0.25, 0.3) is 5.91 Å². The van der Waals surface area contributed by atoms with Crippen LogP contribution in [-0.4, -0.2) is 96.1 Å². The smallest absolute Gasteiger partial charge is 0.315 e. The lowest BCUT2D eigenvalue weighted by Crippen LogP contribution is -2.62. The summed E-state index contributed by atoms with van der Waals surface area (Å²) in [5, 5.41) is 11.2. The molecule has 0 bridgehead atoms. The Balaban J connectivity index is 1.80. The molecule has 0 radical (unpaired) electrons. The lowest BCUT2D eigenvalue weighted by Gasteiger charge is -2.39. The minimum Gasteiger partial charge on any atom is -0.346 e. The number of carbonyl (C=O) groups is 6. The summed E-state index contributed by atoms with van der Waals surface area (Å²) < 4.78 is 0. The molecule has 3 rings (SSSR count). The lowest BCUT2D eigenvalue weighted by atomic mass is 9.85. The maximum atomic E-state index is 14.3. The van der Waals surface area contributed by atoms with Gasteiger partial charge in [-0.2, -0.15) is 0 Å². The first kappa shape index (κ1) is 38.0. The van der Waals surface area contributed by atoms with E-state index in [0.29, 0.717) is 19.5 Å². The molecule has 3 fully saturated rings. The lowest BCUT2D eigenvalue weighted by molar-refractivity contribution is -0.145. The van der Waals surface area contributed by atoms with E-state index in [4.69, 9.17) is 0 Å². The van der Waals surface area contributed by atoms with Crippen LogP contribution in [0.2, 0.25) is 0 Å². The number of Topliss-reactive ketones (excluding diaryl/α,β-unsaturated/α-hetero) is 1. The molecule has 3 aliphatic rings. The minimum absolute atomic E-state index is 0.0592. The first-order chi connectivity index (χ1) is 21.7. The van der Waals surface area contributed by atoms with Crippen molar-refractivity contribution in [2.24, 2.45) is 34.0 Å². The molecule has 1 unspecified atom stereocenters. The number of amides is 6. The number of carbonyl (C=O) groups excluding carboxylic acids is 6. The second-order valence-corrected chi connectivity index (χ2v) is 16.4. The van der Waals surface area contributed by atoms with Crippen molar-refractivity contribution >= 4 is 35.4 Å². The standard InChI is InChI=1S/C35H58N6O6/c1-12-14-22(26(42)29(44)36-17-13-2)37-28(43)25-24-21(35(24,9)10)18-41(25)31(46)27(34(6,7)8)39-32(47)38-23(33(3,4)5)19-40(11)30(45)20-15-16-20/h13,20-25,27H,2,12,14-19H2,1,3-11H3,(H,36,44)(H,37,43)(H2,38,39,47)/t21-,22?,23+,24-,25-,27+/m0/s1. The molecule has 4 N–H and O–H groups in total. The summed E-state index contributed by atoms with van der Waals surface area (Å²) in [5.41, 5.74) is -1.27. The van der Waals surface area contributed by atoms with Gasteiger partial charge in [-0.1, -0.05) is 74.8 Å². The third-order valence-corrected chi connectivity index (χ3v) is 10.1. The van der Waals surface area contributed by atoms with E-state index in [1.54, 1.807) is 16.8 Å². The molecular weight excluding hydrogens is 600 g/mol. The van der Waals surface area contributed by atoms with Gasteiger partial charge in [-0.3, -0.25) is 24.0 Å². The third kappa shape index (κ3) is 8.93. The summed E-state index contributed by atoms with van der Waals surface area (Å²) in [5.74, 6) is -2.32. The Morgan fingerprint density at radius 3 is 2.11 bits per heavy atom. The molecule has 6 atom stereocenters. The zero-order valence-electron chi connectivity index (χ0n) is 30.1. The summed E-state index contributed by atoms with van der Waals surface area (Å²) in [6.07, 6.45) is 4.07. The molecule has 47 heavy (non-hydrogen) atoms. The minimum atomic E-state index is -1.03. The molecule has 0 aromatic carbocycles. The largest absolute Gasteiger partial charge is 0.346 e. The Labute approximate surface area is 280 Å². The summed E-state index contributed by atoms with van der Waals surface area (Å²) in [6.45, 7) is 21.9. The van der Waals surface area contributed by atoms with Crippen LogP contribution in [-0.2, 0) is 24.0 Å². The molecule has 0 spiro atoms. The van der Waals surface area contributed by atoms with E-state index < -0.39 is 47.2 Å². The van der Waals surface area contributed by atoms with Crippen LogP contribution in [0.15, 0.2) is 12.7 Å². The maximum absolute atomic E-state index is 14.3.